The number of methoxy groups -OCH3 is 1. The molecule has 0 atom stereocenters. The zero-order chi connectivity index (χ0) is 24.2. The Morgan fingerprint density at radius 1 is 0.882 bits per heavy atom. The van der Waals surface area contributed by atoms with Crippen LogP contribution in [0.1, 0.15) is 23.1 Å². The lowest BCUT2D eigenvalue weighted by Crippen LogP contribution is -2.18. The van der Waals surface area contributed by atoms with Crippen LogP contribution in [0.5, 0.6) is 17.2 Å². The van der Waals surface area contributed by atoms with E-state index in [1.165, 1.54) is 0 Å². The van der Waals surface area contributed by atoms with Gasteiger partial charge in [0.25, 0.3) is 0 Å². The summed E-state index contributed by atoms with van der Waals surface area (Å²) in [7, 11) is 1.59. The zero-order valence-corrected chi connectivity index (χ0v) is 19.6. The monoisotopic (exact) mass is 458 g/mol. The second-order valence-electron chi connectivity index (χ2n) is 8.16. The van der Waals surface area contributed by atoms with E-state index in [4.69, 9.17) is 18.6 Å². The number of carbonyl (C=O) groups excluding carboxylic acids is 1. The molecule has 34 heavy (non-hydrogen) atoms. The highest BCUT2D eigenvalue weighted by atomic mass is 16.5. The quantitative estimate of drug-likeness (QED) is 0.327. The van der Waals surface area contributed by atoms with E-state index < -0.39 is 5.97 Å². The third-order valence-electron chi connectivity index (χ3n) is 5.44. The Kier molecular flexibility index (Phi) is 6.68. The topological polar surface area (TPSA) is 75.0 Å². The van der Waals surface area contributed by atoms with Gasteiger partial charge in [-0.05, 0) is 62.2 Å². The summed E-state index contributed by atoms with van der Waals surface area (Å²) in [6.07, 6.45) is -0.0380. The molecule has 174 valence electrons. The summed E-state index contributed by atoms with van der Waals surface area (Å²) in [6.45, 7) is 5.86. The molecule has 4 rings (SSSR count). The van der Waals surface area contributed by atoms with Gasteiger partial charge in [-0.15, -0.1) is 0 Å². The van der Waals surface area contributed by atoms with Crippen LogP contribution in [0.25, 0.3) is 22.3 Å². The predicted octanol–water partition coefficient (Wildman–Crippen LogP) is 5.77. The number of fused-ring (bicyclic) bond motifs is 1. The Hall–Kier alpha value is -4.06. The van der Waals surface area contributed by atoms with Gasteiger partial charge in [0.2, 0.25) is 11.2 Å². The van der Waals surface area contributed by atoms with Gasteiger partial charge in [-0.3, -0.25) is 9.59 Å². The summed E-state index contributed by atoms with van der Waals surface area (Å²) in [5, 5.41) is 0.380. The van der Waals surface area contributed by atoms with Crippen molar-refractivity contribution in [1.29, 1.82) is 0 Å². The molecule has 1 aromatic heterocycles. The molecule has 6 heteroatoms. The van der Waals surface area contributed by atoms with Crippen LogP contribution < -0.4 is 19.6 Å². The largest absolute Gasteiger partial charge is 0.497 e. The second-order valence-corrected chi connectivity index (χ2v) is 8.16. The average Bonchev–Trinajstić information content (AvgIpc) is 2.82. The minimum Gasteiger partial charge on any atom is -0.497 e. The highest BCUT2D eigenvalue weighted by Crippen LogP contribution is 2.33. The molecule has 0 aliphatic rings. The number of hydrogen-bond acceptors (Lipinski definition) is 6. The Morgan fingerprint density at radius 2 is 1.56 bits per heavy atom. The molecule has 0 bridgehead atoms. The third kappa shape index (κ3) is 4.96. The molecule has 3 aromatic carbocycles. The maximum Gasteiger partial charge on any atom is 0.314 e. The fourth-order valence-corrected chi connectivity index (χ4v) is 3.71. The third-order valence-corrected chi connectivity index (χ3v) is 5.44. The minimum absolute atomic E-state index is 0.0380. The summed E-state index contributed by atoms with van der Waals surface area (Å²) in [5.74, 6) is 0.844. The number of esters is 1. The van der Waals surface area contributed by atoms with Crippen molar-refractivity contribution in [3.05, 3.63) is 87.6 Å². The molecule has 0 saturated heterocycles. The van der Waals surface area contributed by atoms with Gasteiger partial charge in [-0.1, -0.05) is 35.9 Å². The van der Waals surface area contributed by atoms with Gasteiger partial charge in [0, 0.05) is 5.56 Å². The standard InChI is InChI=1S/C28H26O6/c1-17-5-7-20(8-6-17)27-28(25(30)23-16-18(2)15-19(3)26(23)34-27)33-24(29)13-14-32-22-11-9-21(31-4)10-12-22/h5-12,15-16H,13-14H2,1-4H3. The molecule has 0 N–H and O–H groups in total. The SMILES string of the molecule is COc1ccc(OCCC(=O)Oc2c(-c3ccc(C)cc3)oc3c(C)cc(C)cc3c2=O)cc1. The molecular weight excluding hydrogens is 432 g/mol. The van der Waals surface area contributed by atoms with Crippen molar-refractivity contribution in [1.82, 2.24) is 0 Å². The lowest BCUT2D eigenvalue weighted by molar-refractivity contribution is -0.135. The van der Waals surface area contributed by atoms with Crippen LogP contribution >= 0.6 is 0 Å². The van der Waals surface area contributed by atoms with Gasteiger partial charge in [0.15, 0.2) is 5.76 Å². The van der Waals surface area contributed by atoms with Crippen molar-refractivity contribution >= 4 is 16.9 Å². The molecule has 1 heterocycles. The molecule has 6 nitrogen and oxygen atoms in total. The smallest absolute Gasteiger partial charge is 0.314 e. The molecule has 0 radical (unpaired) electrons. The van der Waals surface area contributed by atoms with Crippen LogP contribution in [-0.4, -0.2) is 19.7 Å². The van der Waals surface area contributed by atoms with E-state index in [0.717, 1.165) is 16.7 Å². The number of ether oxygens (including phenoxy) is 3. The van der Waals surface area contributed by atoms with Crippen molar-refractivity contribution in [3.63, 3.8) is 0 Å². The van der Waals surface area contributed by atoms with E-state index in [1.54, 1.807) is 37.4 Å². The minimum atomic E-state index is -0.585. The molecule has 0 saturated carbocycles. The van der Waals surface area contributed by atoms with Crippen molar-refractivity contribution in [3.8, 4) is 28.6 Å². The molecule has 0 amide bonds. The van der Waals surface area contributed by atoms with Crippen LogP contribution in [0.2, 0.25) is 0 Å². The lowest BCUT2D eigenvalue weighted by Gasteiger charge is -2.13. The van der Waals surface area contributed by atoms with Crippen LogP contribution in [0.15, 0.2) is 69.9 Å². The Labute approximate surface area is 197 Å². The predicted molar refractivity (Wildman–Crippen MR) is 131 cm³/mol. The van der Waals surface area contributed by atoms with E-state index in [0.29, 0.717) is 28.0 Å². The molecule has 0 spiro atoms. The number of carbonyl (C=O) groups is 1. The van der Waals surface area contributed by atoms with Crippen molar-refractivity contribution in [2.45, 2.75) is 27.2 Å². The first kappa shape index (κ1) is 23.1. The van der Waals surface area contributed by atoms with Gasteiger partial charge < -0.3 is 18.6 Å². The summed E-state index contributed by atoms with van der Waals surface area (Å²) in [5.41, 5.74) is 3.58. The highest BCUT2D eigenvalue weighted by molar-refractivity contribution is 5.86. The molecule has 4 aromatic rings. The Morgan fingerprint density at radius 3 is 2.24 bits per heavy atom. The fraction of sp³-hybridized carbons (Fsp3) is 0.214. The first-order valence-corrected chi connectivity index (χ1v) is 11.0. The molecule has 0 unspecified atom stereocenters. The summed E-state index contributed by atoms with van der Waals surface area (Å²) in [4.78, 5) is 26.1. The first-order chi connectivity index (χ1) is 16.4. The van der Waals surface area contributed by atoms with Crippen molar-refractivity contribution in [2.24, 2.45) is 0 Å². The number of benzene rings is 3. The summed E-state index contributed by atoms with van der Waals surface area (Å²) in [6, 6.07) is 18.2. The van der Waals surface area contributed by atoms with Gasteiger partial charge in [-0.25, -0.2) is 0 Å². The van der Waals surface area contributed by atoms with Gasteiger partial charge >= 0.3 is 5.97 Å². The van der Waals surface area contributed by atoms with Crippen molar-refractivity contribution in [2.75, 3.05) is 13.7 Å². The van der Waals surface area contributed by atoms with E-state index >= 15 is 0 Å². The molecular formula is C28H26O6. The van der Waals surface area contributed by atoms with E-state index in [9.17, 15) is 9.59 Å². The Balaban J connectivity index is 1.62. The highest BCUT2D eigenvalue weighted by Gasteiger charge is 2.21. The maximum atomic E-state index is 13.4. The average molecular weight is 459 g/mol. The van der Waals surface area contributed by atoms with Gasteiger partial charge in [-0.2, -0.15) is 0 Å². The van der Waals surface area contributed by atoms with Crippen LogP contribution in [0, 0.1) is 20.8 Å². The number of hydrogen-bond donors (Lipinski definition) is 0. The van der Waals surface area contributed by atoms with E-state index in [2.05, 4.69) is 0 Å². The lowest BCUT2D eigenvalue weighted by atomic mass is 10.0. The van der Waals surface area contributed by atoms with E-state index in [1.807, 2.05) is 51.1 Å². The fourth-order valence-electron chi connectivity index (χ4n) is 3.71. The summed E-state index contributed by atoms with van der Waals surface area (Å²) >= 11 is 0. The van der Waals surface area contributed by atoms with Crippen LogP contribution in [-0.2, 0) is 4.79 Å². The second kappa shape index (κ2) is 9.83. The zero-order valence-electron chi connectivity index (χ0n) is 19.6. The Bertz CT molecular complexity index is 1380. The molecule has 0 fully saturated rings. The number of aryl methyl sites for hydroxylation is 3. The summed E-state index contributed by atoms with van der Waals surface area (Å²) < 4.78 is 22.5. The van der Waals surface area contributed by atoms with Crippen LogP contribution in [0.4, 0.5) is 0 Å². The van der Waals surface area contributed by atoms with E-state index in [-0.39, 0.29) is 30.0 Å². The van der Waals surface area contributed by atoms with Crippen molar-refractivity contribution < 1.29 is 23.4 Å². The first-order valence-electron chi connectivity index (χ1n) is 11.0. The molecule has 0 aliphatic carbocycles. The maximum absolute atomic E-state index is 13.4. The van der Waals surface area contributed by atoms with Gasteiger partial charge in [0.05, 0.1) is 25.5 Å². The van der Waals surface area contributed by atoms with Gasteiger partial charge in [0.1, 0.15) is 17.1 Å². The van der Waals surface area contributed by atoms with Crippen LogP contribution in [0.3, 0.4) is 0 Å². The molecule has 0 aliphatic heterocycles. The normalized spacial score (nSPS) is 10.8. The number of rotatable bonds is 7.